The molecule has 0 amide bonds. The second-order valence-corrected chi connectivity index (χ2v) is 10.7. The first-order valence-electron chi connectivity index (χ1n) is 9.75. The van der Waals surface area contributed by atoms with E-state index in [-0.39, 0.29) is 23.1 Å². The van der Waals surface area contributed by atoms with Crippen molar-refractivity contribution in [2.75, 3.05) is 16.6 Å². The van der Waals surface area contributed by atoms with E-state index in [0.29, 0.717) is 17.0 Å². The van der Waals surface area contributed by atoms with Gasteiger partial charge in [-0.05, 0) is 42.3 Å². The number of para-hydroxylation sites is 1. The molecule has 3 atom stereocenters. The first-order valence-corrected chi connectivity index (χ1v) is 12.5. The Bertz CT molecular complexity index is 1130. The van der Waals surface area contributed by atoms with Crippen molar-refractivity contribution in [1.82, 2.24) is 0 Å². The van der Waals surface area contributed by atoms with Gasteiger partial charge in [0.2, 0.25) is 0 Å². The maximum Gasteiger partial charge on any atom is 0.264 e. The molecule has 4 rings (SSSR count). The Morgan fingerprint density at radius 1 is 0.933 bits per heavy atom. The van der Waals surface area contributed by atoms with Crippen molar-refractivity contribution < 1.29 is 17.7 Å². The molecule has 1 heterocycles. The van der Waals surface area contributed by atoms with Gasteiger partial charge < -0.3 is 5.11 Å². The summed E-state index contributed by atoms with van der Waals surface area (Å²) < 4.78 is 40.4. The zero-order chi connectivity index (χ0) is 21.1. The topological polar surface area (TPSA) is 74.7 Å². The fourth-order valence-electron chi connectivity index (χ4n) is 3.85. The predicted octanol–water partition coefficient (Wildman–Crippen LogP) is 3.54. The van der Waals surface area contributed by atoms with Gasteiger partial charge in [-0.15, -0.1) is 0 Å². The van der Waals surface area contributed by atoms with Gasteiger partial charge in [-0.2, -0.15) is 0 Å². The Morgan fingerprint density at radius 3 is 2.23 bits per heavy atom. The van der Waals surface area contributed by atoms with Gasteiger partial charge in [0.05, 0.1) is 33.2 Å². The lowest BCUT2D eigenvalue weighted by Gasteiger charge is -2.20. The SMILES string of the molecule is O=S(CC(O)CC1CN(S(=O)(=O)c2ccccc2)c2ccccc21)c1ccccc1. The summed E-state index contributed by atoms with van der Waals surface area (Å²) in [5, 5.41) is 10.6. The maximum atomic E-state index is 13.2. The number of fused-ring (bicyclic) bond motifs is 1. The molecular weight excluding hydrogens is 418 g/mol. The Kier molecular flexibility index (Phi) is 6.04. The minimum absolute atomic E-state index is 0.119. The summed E-state index contributed by atoms with van der Waals surface area (Å²) in [4.78, 5) is 0.919. The van der Waals surface area contributed by atoms with Crippen LogP contribution in [-0.4, -0.2) is 36.1 Å². The predicted molar refractivity (Wildman–Crippen MR) is 118 cm³/mol. The quantitative estimate of drug-likeness (QED) is 0.609. The van der Waals surface area contributed by atoms with Crippen molar-refractivity contribution in [3.8, 4) is 0 Å². The summed E-state index contributed by atoms with van der Waals surface area (Å²) >= 11 is 0. The Hall–Kier alpha value is -2.48. The second kappa shape index (κ2) is 8.71. The summed E-state index contributed by atoms with van der Waals surface area (Å²) in [6, 6.07) is 24.8. The van der Waals surface area contributed by atoms with E-state index in [4.69, 9.17) is 0 Å². The third-order valence-electron chi connectivity index (χ3n) is 5.27. The highest BCUT2D eigenvalue weighted by atomic mass is 32.2. The van der Waals surface area contributed by atoms with Crippen LogP contribution < -0.4 is 4.31 Å². The zero-order valence-electron chi connectivity index (χ0n) is 16.3. The van der Waals surface area contributed by atoms with Gasteiger partial charge in [-0.1, -0.05) is 54.6 Å². The highest BCUT2D eigenvalue weighted by Gasteiger charge is 2.37. The Morgan fingerprint density at radius 2 is 1.53 bits per heavy atom. The van der Waals surface area contributed by atoms with Gasteiger partial charge >= 0.3 is 0 Å². The van der Waals surface area contributed by atoms with Gasteiger partial charge in [0.25, 0.3) is 10.0 Å². The average molecular weight is 442 g/mol. The number of rotatable bonds is 7. The fourth-order valence-corrected chi connectivity index (χ4v) is 6.54. The molecule has 0 aromatic heterocycles. The number of hydrogen-bond donors (Lipinski definition) is 1. The summed E-state index contributed by atoms with van der Waals surface area (Å²) in [5.41, 5.74) is 1.53. The van der Waals surface area contributed by atoms with Crippen molar-refractivity contribution in [1.29, 1.82) is 0 Å². The van der Waals surface area contributed by atoms with Crippen LogP contribution in [0.15, 0.2) is 94.7 Å². The van der Waals surface area contributed by atoms with E-state index in [1.165, 1.54) is 4.31 Å². The molecule has 5 nitrogen and oxygen atoms in total. The highest BCUT2D eigenvalue weighted by Crippen LogP contribution is 2.41. The van der Waals surface area contributed by atoms with Gasteiger partial charge in [0, 0.05) is 17.4 Å². The standard InChI is InChI=1S/C23H23NO4S2/c25-19(17-29(26)20-9-3-1-4-10-20)15-18-16-24(23-14-8-7-13-22(18)23)30(27,28)21-11-5-2-6-12-21/h1-14,18-19,25H,15-17H2. The lowest BCUT2D eigenvalue weighted by molar-refractivity contribution is 0.180. The van der Waals surface area contributed by atoms with E-state index < -0.39 is 26.9 Å². The van der Waals surface area contributed by atoms with Crippen LogP contribution in [0.1, 0.15) is 17.9 Å². The van der Waals surface area contributed by atoms with Crippen LogP contribution in [0.3, 0.4) is 0 Å². The molecule has 0 saturated carbocycles. The monoisotopic (exact) mass is 441 g/mol. The molecule has 156 valence electrons. The second-order valence-electron chi connectivity index (χ2n) is 7.32. The molecule has 3 aromatic rings. The molecule has 1 aliphatic heterocycles. The van der Waals surface area contributed by atoms with E-state index >= 15 is 0 Å². The van der Waals surface area contributed by atoms with Crippen molar-refractivity contribution >= 4 is 26.5 Å². The molecule has 3 aromatic carbocycles. The lowest BCUT2D eigenvalue weighted by Crippen LogP contribution is -2.31. The normalized spacial score (nSPS) is 18.0. The molecule has 7 heteroatoms. The van der Waals surface area contributed by atoms with Crippen molar-refractivity contribution in [3.63, 3.8) is 0 Å². The average Bonchev–Trinajstić information content (AvgIpc) is 3.14. The smallest absolute Gasteiger partial charge is 0.264 e. The molecule has 1 aliphatic rings. The van der Waals surface area contributed by atoms with E-state index in [2.05, 4.69) is 0 Å². The summed E-state index contributed by atoms with van der Waals surface area (Å²) in [5.74, 6) is -0.0452. The fraction of sp³-hybridized carbons (Fsp3) is 0.217. The number of hydrogen-bond acceptors (Lipinski definition) is 4. The van der Waals surface area contributed by atoms with Crippen LogP contribution in [-0.2, 0) is 20.8 Å². The van der Waals surface area contributed by atoms with Crippen molar-refractivity contribution in [2.45, 2.75) is 28.2 Å². The van der Waals surface area contributed by atoms with E-state index in [1.54, 1.807) is 48.5 Å². The molecule has 0 aliphatic carbocycles. The Balaban J connectivity index is 1.54. The molecule has 1 N–H and O–H groups in total. The molecule has 3 unspecified atom stereocenters. The largest absolute Gasteiger partial charge is 0.392 e. The minimum Gasteiger partial charge on any atom is -0.392 e. The van der Waals surface area contributed by atoms with Crippen LogP contribution in [0.2, 0.25) is 0 Å². The number of anilines is 1. The molecule has 0 saturated heterocycles. The van der Waals surface area contributed by atoms with Crippen LogP contribution in [0.25, 0.3) is 0 Å². The number of aliphatic hydroxyl groups is 1. The molecule has 0 spiro atoms. The van der Waals surface area contributed by atoms with Gasteiger partial charge in [-0.25, -0.2) is 8.42 Å². The molecule has 30 heavy (non-hydrogen) atoms. The van der Waals surface area contributed by atoms with E-state index in [9.17, 15) is 17.7 Å². The van der Waals surface area contributed by atoms with Crippen LogP contribution >= 0.6 is 0 Å². The molecule has 0 radical (unpaired) electrons. The minimum atomic E-state index is -3.70. The summed E-state index contributed by atoms with van der Waals surface area (Å²) in [7, 11) is -5.00. The molecule has 0 bridgehead atoms. The lowest BCUT2D eigenvalue weighted by atomic mass is 9.96. The third kappa shape index (κ3) is 4.19. The molecule has 0 fully saturated rings. The van der Waals surface area contributed by atoms with E-state index in [0.717, 1.165) is 5.56 Å². The number of nitrogens with zero attached hydrogens (tertiary/aromatic N) is 1. The van der Waals surface area contributed by atoms with Gasteiger partial charge in [0.15, 0.2) is 0 Å². The number of benzene rings is 3. The highest BCUT2D eigenvalue weighted by molar-refractivity contribution is 7.92. The maximum absolute atomic E-state index is 13.2. The summed E-state index contributed by atoms with van der Waals surface area (Å²) in [6.45, 7) is 0.256. The number of sulfonamides is 1. The zero-order valence-corrected chi connectivity index (χ0v) is 17.9. The third-order valence-corrected chi connectivity index (χ3v) is 8.55. The van der Waals surface area contributed by atoms with Gasteiger partial charge in [0.1, 0.15) is 0 Å². The molecular formula is C23H23NO4S2. The van der Waals surface area contributed by atoms with Crippen molar-refractivity contribution in [2.24, 2.45) is 0 Å². The van der Waals surface area contributed by atoms with Crippen LogP contribution in [0, 0.1) is 0 Å². The van der Waals surface area contributed by atoms with Crippen LogP contribution in [0.5, 0.6) is 0 Å². The van der Waals surface area contributed by atoms with E-state index in [1.807, 2.05) is 36.4 Å². The Labute approximate surface area is 179 Å². The van der Waals surface area contributed by atoms with Gasteiger partial charge in [-0.3, -0.25) is 8.51 Å². The number of aliphatic hydroxyl groups excluding tert-OH is 1. The van der Waals surface area contributed by atoms with Crippen LogP contribution in [0.4, 0.5) is 5.69 Å². The first kappa shape index (κ1) is 20.8. The summed E-state index contributed by atoms with van der Waals surface area (Å²) in [6.07, 6.45) is -0.459. The first-order chi connectivity index (χ1) is 14.5. The van der Waals surface area contributed by atoms with Crippen molar-refractivity contribution in [3.05, 3.63) is 90.5 Å².